The highest BCUT2D eigenvalue weighted by Crippen LogP contribution is 2.53. The van der Waals surface area contributed by atoms with Gasteiger partial charge in [-0.15, -0.1) is 0 Å². The molecule has 0 aromatic carbocycles. The van der Waals surface area contributed by atoms with Crippen molar-refractivity contribution in [2.24, 2.45) is 4.99 Å². The quantitative estimate of drug-likeness (QED) is 0.692. The van der Waals surface area contributed by atoms with E-state index in [1.807, 2.05) is 0 Å². The fourth-order valence-corrected chi connectivity index (χ4v) is 3.05. The second-order valence-corrected chi connectivity index (χ2v) is 6.18. The first-order chi connectivity index (χ1) is 13.0. The highest BCUT2D eigenvalue weighted by Gasteiger charge is 2.59. The number of hydrogen-bond donors (Lipinski definition) is 0. The second-order valence-electron chi connectivity index (χ2n) is 6.18. The molecule has 28 heavy (non-hydrogen) atoms. The molecule has 0 atom stereocenters. The third-order valence-electron chi connectivity index (χ3n) is 4.23. The van der Waals surface area contributed by atoms with Gasteiger partial charge in [-0.25, -0.2) is 9.73 Å². The van der Waals surface area contributed by atoms with Crippen molar-refractivity contribution in [1.82, 2.24) is 4.98 Å². The molecule has 0 N–H and O–H groups in total. The normalized spacial score (nSPS) is 22.3. The summed E-state index contributed by atoms with van der Waals surface area (Å²) in [4.78, 5) is 7.77. The number of aliphatic imine (C=N–C) groups is 1. The predicted molar refractivity (Wildman–Crippen MR) is 81.1 cm³/mol. The summed E-state index contributed by atoms with van der Waals surface area (Å²) in [5.41, 5.74) is -1.39. The summed E-state index contributed by atoms with van der Waals surface area (Å²) >= 11 is 0. The number of alkyl halides is 7. The standard InChI is InChI=1S/C17H9F7N2O2/c18-15(19,20)7-27-14-6-25-2-1-9(14)13-4-8-3-10-11(5-12(8)26-13)17(23,24)28-16(10,21)22/h1-2,4-6H,3,7H2. The molecule has 1 aliphatic carbocycles. The zero-order valence-electron chi connectivity index (χ0n) is 13.7. The van der Waals surface area contributed by atoms with Gasteiger partial charge in [0.1, 0.15) is 5.75 Å². The van der Waals surface area contributed by atoms with Gasteiger partial charge in [-0.3, -0.25) is 4.98 Å². The van der Waals surface area contributed by atoms with Crippen molar-refractivity contribution in [3.05, 3.63) is 58.6 Å². The monoisotopic (exact) mass is 406 g/mol. The van der Waals surface area contributed by atoms with Crippen molar-refractivity contribution in [3.8, 4) is 5.75 Å². The maximum atomic E-state index is 13.7. The van der Waals surface area contributed by atoms with Crippen LogP contribution in [0.25, 0.3) is 0 Å². The smallest absolute Gasteiger partial charge is 0.422 e. The number of allylic oxidation sites excluding steroid dienone is 2. The Labute approximate surface area is 152 Å². The van der Waals surface area contributed by atoms with E-state index in [0.717, 1.165) is 12.3 Å². The van der Waals surface area contributed by atoms with Crippen LogP contribution in [0.15, 0.2) is 58.0 Å². The summed E-state index contributed by atoms with van der Waals surface area (Å²) in [6.45, 7) is -1.57. The van der Waals surface area contributed by atoms with E-state index in [1.165, 1.54) is 18.3 Å². The van der Waals surface area contributed by atoms with E-state index in [9.17, 15) is 30.7 Å². The number of fused-ring (bicyclic) bond motifs is 1. The van der Waals surface area contributed by atoms with Gasteiger partial charge in [-0.2, -0.15) is 30.7 Å². The van der Waals surface area contributed by atoms with Crippen LogP contribution in [0.4, 0.5) is 30.7 Å². The Hall–Kier alpha value is -2.69. The third kappa shape index (κ3) is 3.19. The molecule has 0 saturated heterocycles. The molecule has 2 aliphatic heterocycles. The Morgan fingerprint density at radius 3 is 2.57 bits per heavy atom. The molecular weight excluding hydrogens is 397 g/mol. The molecule has 4 nitrogen and oxygen atoms in total. The van der Waals surface area contributed by atoms with Gasteiger partial charge in [-0.1, -0.05) is 0 Å². The number of hydrogen-bond acceptors (Lipinski definition) is 4. The van der Waals surface area contributed by atoms with E-state index in [0.29, 0.717) is 0 Å². The third-order valence-corrected chi connectivity index (χ3v) is 4.23. The number of rotatable bonds is 3. The van der Waals surface area contributed by atoms with Crippen LogP contribution in [0.5, 0.6) is 5.75 Å². The van der Waals surface area contributed by atoms with E-state index in [2.05, 4.69) is 14.7 Å². The van der Waals surface area contributed by atoms with Gasteiger partial charge in [0.2, 0.25) is 0 Å². The van der Waals surface area contributed by atoms with E-state index >= 15 is 0 Å². The lowest BCUT2D eigenvalue weighted by Crippen LogP contribution is -2.25. The summed E-state index contributed by atoms with van der Waals surface area (Å²) in [5, 5.41) is 0. The van der Waals surface area contributed by atoms with Gasteiger partial charge in [0, 0.05) is 23.8 Å². The Kier molecular flexibility index (Phi) is 3.93. The predicted octanol–water partition coefficient (Wildman–Crippen LogP) is 4.55. The fraction of sp³-hybridized carbons (Fsp3) is 0.294. The van der Waals surface area contributed by atoms with E-state index in [1.54, 1.807) is 0 Å². The summed E-state index contributed by atoms with van der Waals surface area (Å²) < 4.78 is 100. The summed E-state index contributed by atoms with van der Waals surface area (Å²) in [5.74, 6) is -0.228. The van der Waals surface area contributed by atoms with Gasteiger partial charge in [0.05, 0.1) is 23.2 Å². The summed E-state index contributed by atoms with van der Waals surface area (Å²) in [6, 6.07) is 1.33. The lowest BCUT2D eigenvalue weighted by atomic mass is 9.92. The van der Waals surface area contributed by atoms with Crippen molar-refractivity contribution in [3.63, 3.8) is 0 Å². The van der Waals surface area contributed by atoms with Crippen molar-refractivity contribution >= 4 is 5.71 Å². The molecule has 1 aromatic rings. The molecule has 0 unspecified atom stereocenters. The van der Waals surface area contributed by atoms with Crippen LogP contribution in [0, 0.1) is 0 Å². The second kappa shape index (κ2) is 5.90. The Balaban J connectivity index is 1.67. The molecule has 1 aromatic heterocycles. The number of aromatic nitrogens is 1. The summed E-state index contributed by atoms with van der Waals surface area (Å²) in [7, 11) is 0. The number of nitrogens with zero attached hydrogens (tertiary/aromatic N) is 2. The SMILES string of the molecule is FC(F)(F)COc1cnccc1C1=NC2=CC3=C(CC2=C1)C(F)(F)OC3(F)F. The first-order valence-electron chi connectivity index (χ1n) is 7.81. The zero-order chi connectivity index (χ0) is 20.3. The maximum Gasteiger partial charge on any atom is 0.422 e. The molecule has 0 fully saturated rings. The number of ether oxygens (including phenoxy) is 2. The van der Waals surface area contributed by atoms with Crippen LogP contribution in [0.1, 0.15) is 12.0 Å². The zero-order valence-corrected chi connectivity index (χ0v) is 13.7. The van der Waals surface area contributed by atoms with Crippen molar-refractivity contribution in [1.29, 1.82) is 0 Å². The molecule has 0 radical (unpaired) electrons. The highest BCUT2D eigenvalue weighted by molar-refractivity contribution is 6.13. The van der Waals surface area contributed by atoms with Gasteiger partial charge in [0.15, 0.2) is 6.61 Å². The Morgan fingerprint density at radius 1 is 1.11 bits per heavy atom. The van der Waals surface area contributed by atoms with E-state index in [-0.39, 0.29) is 28.3 Å². The first kappa shape index (κ1) is 18.7. The van der Waals surface area contributed by atoms with Gasteiger partial charge < -0.3 is 4.74 Å². The molecule has 0 bridgehead atoms. The van der Waals surface area contributed by atoms with E-state index < -0.39 is 42.6 Å². The van der Waals surface area contributed by atoms with Crippen molar-refractivity contribution in [2.75, 3.05) is 6.61 Å². The van der Waals surface area contributed by atoms with Crippen LogP contribution >= 0.6 is 0 Å². The van der Waals surface area contributed by atoms with Crippen LogP contribution in [-0.4, -0.2) is 35.7 Å². The molecule has 0 saturated carbocycles. The first-order valence-corrected chi connectivity index (χ1v) is 7.81. The van der Waals surface area contributed by atoms with Crippen LogP contribution in [0.2, 0.25) is 0 Å². The van der Waals surface area contributed by atoms with Crippen molar-refractivity contribution in [2.45, 2.75) is 24.8 Å². The lowest BCUT2D eigenvalue weighted by molar-refractivity contribution is -0.321. The topological polar surface area (TPSA) is 43.7 Å². The highest BCUT2D eigenvalue weighted by atomic mass is 19.4. The lowest BCUT2D eigenvalue weighted by Gasteiger charge is -2.15. The minimum Gasteiger partial charge on any atom is -0.482 e. The maximum absolute atomic E-state index is 13.7. The molecule has 11 heteroatoms. The molecular formula is C17H9F7N2O2. The largest absolute Gasteiger partial charge is 0.482 e. The average molecular weight is 406 g/mol. The molecule has 0 spiro atoms. The number of halogens is 7. The Morgan fingerprint density at radius 2 is 1.86 bits per heavy atom. The summed E-state index contributed by atoms with van der Waals surface area (Å²) in [6.07, 6.45) is -8.93. The molecule has 3 heterocycles. The van der Waals surface area contributed by atoms with E-state index in [4.69, 9.17) is 4.74 Å². The number of pyridine rings is 1. The average Bonchev–Trinajstić information content (AvgIpc) is 3.07. The minimum absolute atomic E-state index is 0.00769. The fourth-order valence-electron chi connectivity index (χ4n) is 3.05. The molecule has 4 rings (SSSR count). The van der Waals surface area contributed by atoms with Gasteiger partial charge >= 0.3 is 18.4 Å². The van der Waals surface area contributed by atoms with Crippen LogP contribution in [-0.2, 0) is 4.74 Å². The van der Waals surface area contributed by atoms with Crippen molar-refractivity contribution < 1.29 is 40.2 Å². The Bertz CT molecular complexity index is 974. The van der Waals surface area contributed by atoms with Gasteiger partial charge in [0.25, 0.3) is 0 Å². The molecule has 3 aliphatic rings. The molecule has 0 amide bonds. The van der Waals surface area contributed by atoms with Crippen LogP contribution < -0.4 is 4.74 Å². The molecule has 148 valence electrons. The van der Waals surface area contributed by atoms with Gasteiger partial charge in [-0.05, 0) is 23.8 Å². The van der Waals surface area contributed by atoms with Crippen LogP contribution in [0.3, 0.4) is 0 Å². The minimum atomic E-state index is -4.58.